The second-order valence-corrected chi connectivity index (χ2v) is 7.39. The van der Waals surface area contributed by atoms with Gasteiger partial charge in [-0.15, -0.1) is 0 Å². The highest BCUT2D eigenvalue weighted by atomic mass is 32.2. The molecule has 20 heavy (non-hydrogen) atoms. The van der Waals surface area contributed by atoms with Crippen molar-refractivity contribution in [1.29, 1.82) is 0 Å². The van der Waals surface area contributed by atoms with Crippen molar-refractivity contribution >= 4 is 10.8 Å². The smallest absolute Gasteiger partial charge is 0.139 e. The van der Waals surface area contributed by atoms with Crippen molar-refractivity contribution in [2.45, 2.75) is 55.7 Å². The van der Waals surface area contributed by atoms with Gasteiger partial charge in [0.15, 0.2) is 0 Å². The highest BCUT2D eigenvalue weighted by Gasteiger charge is 2.33. The van der Waals surface area contributed by atoms with Crippen LogP contribution in [0.1, 0.15) is 39.5 Å². The van der Waals surface area contributed by atoms with Gasteiger partial charge in [-0.2, -0.15) is 0 Å². The lowest BCUT2D eigenvalue weighted by Gasteiger charge is -2.35. The van der Waals surface area contributed by atoms with Crippen molar-refractivity contribution in [2.24, 2.45) is 5.92 Å². The van der Waals surface area contributed by atoms with E-state index in [4.69, 9.17) is 0 Å². The van der Waals surface area contributed by atoms with Crippen LogP contribution in [-0.4, -0.2) is 22.0 Å². The number of rotatable bonds is 5. The van der Waals surface area contributed by atoms with E-state index in [0.29, 0.717) is 10.8 Å². The molecule has 0 radical (unpaired) electrons. The van der Waals surface area contributed by atoms with Crippen LogP contribution in [0.3, 0.4) is 0 Å². The van der Waals surface area contributed by atoms with E-state index in [0.717, 1.165) is 32.2 Å². The first kappa shape index (κ1) is 15.6. The van der Waals surface area contributed by atoms with Crippen LogP contribution in [-0.2, 0) is 10.8 Å². The summed E-state index contributed by atoms with van der Waals surface area (Å²) in [7, 11) is -1.27. The van der Waals surface area contributed by atoms with Crippen LogP contribution >= 0.6 is 0 Å². The molecule has 0 spiro atoms. The largest absolute Gasteiger partial charge is 0.313 e. The molecular formula is C16H24FNOS. The molecule has 2 nitrogen and oxygen atoms in total. The van der Waals surface area contributed by atoms with Gasteiger partial charge in [0.05, 0.1) is 20.9 Å². The minimum absolute atomic E-state index is 0.0159. The molecule has 1 saturated carbocycles. The molecule has 0 aliphatic heterocycles. The molecule has 4 unspecified atom stereocenters. The number of nitrogens with one attached hydrogen (secondary N) is 1. The van der Waals surface area contributed by atoms with Gasteiger partial charge in [-0.25, -0.2) is 4.39 Å². The summed E-state index contributed by atoms with van der Waals surface area (Å²) in [6, 6.07) is 6.70. The van der Waals surface area contributed by atoms with Gasteiger partial charge in [-0.3, -0.25) is 4.21 Å². The summed E-state index contributed by atoms with van der Waals surface area (Å²) < 4.78 is 26.6. The quantitative estimate of drug-likeness (QED) is 0.901. The van der Waals surface area contributed by atoms with Gasteiger partial charge in [-0.05, 0) is 50.3 Å². The van der Waals surface area contributed by atoms with Crippen LogP contribution in [0.15, 0.2) is 29.2 Å². The maximum Gasteiger partial charge on any atom is 0.139 e. The summed E-state index contributed by atoms with van der Waals surface area (Å²) in [6.07, 6.45) is 4.16. The topological polar surface area (TPSA) is 29.1 Å². The first-order chi connectivity index (χ1) is 9.63. The number of benzene rings is 1. The lowest BCUT2D eigenvalue weighted by Crippen LogP contribution is -2.46. The van der Waals surface area contributed by atoms with E-state index in [1.54, 1.807) is 18.2 Å². The Morgan fingerprint density at radius 2 is 2.10 bits per heavy atom. The van der Waals surface area contributed by atoms with E-state index in [1.165, 1.54) is 6.07 Å². The fourth-order valence-corrected chi connectivity index (χ4v) is 4.73. The van der Waals surface area contributed by atoms with Gasteiger partial charge >= 0.3 is 0 Å². The maximum atomic E-state index is 13.9. The molecule has 0 heterocycles. The second kappa shape index (κ2) is 7.32. The zero-order valence-electron chi connectivity index (χ0n) is 12.3. The highest BCUT2D eigenvalue weighted by Crippen LogP contribution is 2.30. The molecule has 1 aromatic carbocycles. The van der Waals surface area contributed by atoms with Gasteiger partial charge < -0.3 is 5.32 Å². The minimum atomic E-state index is -1.27. The van der Waals surface area contributed by atoms with Crippen LogP contribution in [0.25, 0.3) is 0 Å². The Bertz CT molecular complexity index is 464. The summed E-state index contributed by atoms with van der Waals surface area (Å²) in [4.78, 5) is 0.356. The first-order valence-corrected chi connectivity index (χ1v) is 8.73. The predicted molar refractivity (Wildman–Crippen MR) is 81.7 cm³/mol. The second-order valence-electron chi connectivity index (χ2n) is 5.75. The van der Waals surface area contributed by atoms with Crippen LogP contribution in [0.2, 0.25) is 0 Å². The summed E-state index contributed by atoms with van der Waals surface area (Å²) in [5.41, 5.74) is 0. The Kier molecular flexibility index (Phi) is 5.73. The van der Waals surface area contributed by atoms with Crippen molar-refractivity contribution in [2.75, 3.05) is 6.54 Å². The van der Waals surface area contributed by atoms with E-state index < -0.39 is 10.8 Å². The predicted octanol–water partition coefficient (Wildman–Crippen LogP) is 3.49. The average molecular weight is 297 g/mol. The SMILES string of the molecule is CCCNC1CCC(C)CC1S(=O)c1ccccc1F. The Hall–Kier alpha value is -0.740. The number of halogens is 1. The van der Waals surface area contributed by atoms with Crippen LogP contribution < -0.4 is 5.32 Å². The summed E-state index contributed by atoms with van der Waals surface area (Å²) >= 11 is 0. The molecule has 1 aliphatic rings. The lowest BCUT2D eigenvalue weighted by molar-refractivity contribution is 0.313. The zero-order chi connectivity index (χ0) is 14.5. The standard InChI is InChI=1S/C16H24FNOS/c1-3-10-18-14-9-8-12(2)11-16(14)20(19)15-7-5-4-6-13(15)17/h4-7,12,14,16,18H,3,8-11H2,1-2H3. The highest BCUT2D eigenvalue weighted by molar-refractivity contribution is 7.85. The Labute approximate surface area is 123 Å². The molecule has 112 valence electrons. The third-order valence-corrected chi connectivity index (χ3v) is 5.87. The molecule has 1 fully saturated rings. The molecule has 2 rings (SSSR count). The van der Waals surface area contributed by atoms with Crippen LogP contribution in [0.5, 0.6) is 0 Å². The van der Waals surface area contributed by atoms with Gasteiger partial charge in [0.25, 0.3) is 0 Å². The summed E-state index contributed by atoms with van der Waals surface area (Å²) in [6.45, 7) is 5.26. The minimum Gasteiger partial charge on any atom is -0.313 e. The Morgan fingerprint density at radius 3 is 2.80 bits per heavy atom. The molecule has 1 aromatic rings. The first-order valence-electron chi connectivity index (χ1n) is 7.52. The normalized spacial score (nSPS) is 28.2. The Morgan fingerprint density at radius 1 is 1.35 bits per heavy atom. The van der Waals surface area contributed by atoms with Crippen molar-refractivity contribution in [3.05, 3.63) is 30.1 Å². The maximum absolute atomic E-state index is 13.9. The molecule has 0 amide bonds. The number of hydrogen-bond donors (Lipinski definition) is 1. The molecule has 4 atom stereocenters. The van der Waals surface area contributed by atoms with Crippen LogP contribution in [0.4, 0.5) is 4.39 Å². The van der Waals surface area contributed by atoms with Gasteiger partial charge in [0.2, 0.25) is 0 Å². The molecular weight excluding hydrogens is 273 g/mol. The van der Waals surface area contributed by atoms with Crippen molar-refractivity contribution in [3.63, 3.8) is 0 Å². The Balaban J connectivity index is 2.17. The molecule has 1 aliphatic carbocycles. The van der Waals surface area contributed by atoms with E-state index in [9.17, 15) is 8.60 Å². The van der Waals surface area contributed by atoms with Crippen LogP contribution in [0, 0.1) is 11.7 Å². The lowest BCUT2D eigenvalue weighted by atomic mass is 9.87. The van der Waals surface area contributed by atoms with E-state index in [2.05, 4.69) is 19.2 Å². The zero-order valence-corrected chi connectivity index (χ0v) is 13.1. The molecule has 0 bridgehead atoms. The van der Waals surface area contributed by atoms with E-state index >= 15 is 0 Å². The third kappa shape index (κ3) is 3.67. The fraction of sp³-hybridized carbons (Fsp3) is 0.625. The molecule has 1 N–H and O–H groups in total. The molecule has 0 saturated heterocycles. The fourth-order valence-electron chi connectivity index (χ4n) is 2.90. The molecule has 0 aromatic heterocycles. The average Bonchev–Trinajstić information content (AvgIpc) is 2.46. The summed E-state index contributed by atoms with van der Waals surface area (Å²) in [5.74, 6) is 0.216. The van der Waals surface area contributed by atoms with E-state index in [-0.39, 0.29) is 17.1 Å². The molecule has 4 heteroatoms. The van der Waals surface area contributed by atoms with Gasteiger partial charge in [0.1, 0.15) is 5.82 Å². The third-order valence-electron chi connectivity index (χ3n) is 4.04. The van der Waals surface area contributed by atoms with Crippen molar-refractivity contribution < 1.29 is 8.60 Å². The van der Waals surface area contributed by atoms with Crippen molar-refractivity contribution in [1.82, 2.24) is 5.32 Å². The van der Waals surface area contributed by atoms with Gasteiger partial charge in [0, 0.05) is 6.04 Å². The number of hydrogen-bond acceptors (Lipinski definition) is 2. The van der Waals surface area contributed by atoms with Gasteiger partial charge in [-0.1, -0.05) is 26.0 Å². The summed E-state index contributed by atoms with van der Waals surface area (Å²) in [5, 5.41) is 3.51. The van der Waals surface area contributed by atoms with Crippen molar-refractivity contribution in [3.8, 4) is 0 Å². The van der Waals surface area contributed by atoms with E-state index in [1.807, 2.05) is 0 Å². The monoisotopic (exact) mass is 297 g/mol.